The highest BCUT2D eigenvalue weighted by Gasteiger charge is 2.62. The van der Waals surface area contributed by atoms with E-state index in [-0.39, 0.29) is 0 Å². The summed E-state index contributed by atoms with van der Waals surface area (Å²) in [7, 11) is 3.67. The Kier molecular flexibility index (Phi) is 7.73. The van der Waals surface area contributed by atoms with Crippen LogP contribution in [-0.2, 0) is 18.9 Å². The van der Waals surface area contributed by atoms with Crippen molar-refractivity contribution in [1.82, 2.24) is 0 Å². The molecule has 0 heterocycles. The van der Waals surface area contributed by atoms with Crippen LogP contribution in [0.2, 0.25) is 0 Å². The van der Waals surface area contributed by atoms with Crippen LogP contribution in [0.1, 0.15) is 85.0 Å². The van der Waals surface area contributed by atoms with E-state index in [2.05, 4.69) is 20.8 Å². The van der Waals surface area contributed by atoms with Gasteiger partial charge in [0, 0.05) is 27.4 Å². The fraction of sp³-hybridized carbons (Fsp3) is 1.00. The zero-order valence-electron chi connectivity index (χ0n) is 20.9. The summed E-state index contributed by atoms with van der Waals surface area (Å²) < 4.78 is 23.6. The van der Waals surface area contributed by atoms with Gasteiger partial charge in [-0.15, -0.1) is 0 Å². The molecular formula is C27H48O4. The SMILES string of the molecule is CCCCOC[C@H]1CC[C@H]2[C@@H]3CC(OC)[C@H]4C[C@@H](OCOC)CC[C@]4(C)[C@H]3CC[C@]12C. The van der Waals surface area contributed by atoms with Crippen molar-refractivity contribution in [3.63, 3.8) is 0 Å². The predicted molar refractivity (Wildman–Crippen MR) is 124 cm³/mol. The zero-order chi connectivity index (χ0) is 22.1. The molecular weight excluding hydrogens is 388 g/mol. The lowest BCUT2D eigenvalue weighted by Gasteiger charge is -2.62. The van der Waals surface area contributed by atoms with Crippen molar-refractivity contribution >= 4 is 0 Å². The molecule has 1 unspecified atom stereocenters. The molecule has 0 aromatic carbocycles. The lowest BCUT2D eigenvalue weighted by molar-refractivity contribution is -0.192. The number of fused-ring (bicyclic) bond motifs is 5. The molecule has 4 heteroatoms. The summed E-state index contributed by atoms with van der Waals surface area (Å²) in [5, 5.41) is 0. The van der Waals surface area contributed by atoms with Gasteiger partial charge in [-0.3, -0.25) is 0 Å². The number of ether oxygens (including phenoxy) is 4. The van der Waals surface area contributed by atoms with Gasteiger partial charge in [0.15, 0.2) is 0 Å². The second kappa shape index (κ2) is 9.99. The van der Waals surface area contributed by atoms with E-state index in [1.807, 2.05) is 7.11 Å². The Hall–Kier alpha value is -0.160. The zero-order valence-corrected chi connectivity index (χ0v) is 20.9. The standard InChI is InChI=1S/C27H48O4/c1-6-7-14-30-17-19-8-9-22-21-16-25(29-5)24-15-20(31-18-28-4)10-12-27(24,3)23(21)11-13-26(19,22)2/h19-25H,6-18H2,1-5H3/t19-,20+,21+,22+,23+,24-,25?,26-,27-/m1/s1. The fourth-order valence-electron chi connectivity index (χ4n) is 8.66. The Bertz CT molecular complexity index is 582. The Labute approximate surface area is 191 Å². The van der Waals surface area contributed by atoms with Gasteiger partial charge < -0.3 is 18.9 Å². The minimum atomic E-state index is 0.331. The highest BCUT2D eigenvalue weighted by Crippen LogP contribution is 2.67. The van der Waals surface area contributed by atoms with Gasteiger partial charge in [0.1, 0.15) is 6.79 Å². The molecule has 0 amide bonds. The van der Waals surface area contributed by atoms with E-state index in [9.17, 15) is 0 Å². The van der Waals surface area contributed by atoms with Crippen LogP contribution in [0.3, 0.4) is 0 Å². The predicted octanol–water partition coefficient (Wildman–Crippen LogP) is 6.08. The molecule has 0 aromatic heterocycles. The molecule has 4 rings (SSSR count). The summed E-state index contributed by atoms with van der Waals surface area (Å²) in [4.78, 5) is 0. The van der Waals surface area contributed by atoms with E-state index in [4.69, 9.17) is 18.9 Å². The van der Waals surface area contributed by atoms with Crippen molar-refractivity contribution < 1.29 is 18.9 Å². The Balaban J connectivity index is 1.48. The van der Waals surface area contributed by atoms with Crippen LogP contribution in [0.25, 0.3) is 0 Å². The van der Waals surface area contributed by atoms with Crippen molar-refractivity contribution in [2.45, 2.75) is 97.2 Å². The molecule has 180 valence electrons. The Morgan fingerprint density at radius 2 is 1.65 bits per heavy atom. The van der Waals surface area contributed by atoms with E-state index < -0.39 is 0 Å². The number of hydrogen-bond donors (Lipinski definition) is 0. The molecule has 0 saturated heterocycles. The minimum Gasteiger partial charge on any atom is -0.381 e. The highest BCUT2D eigenvalue weighted by atomic mass is 16.7. The monoisotopic (exact) mass is 436 g/mol. The first-order chi connectivity index (χ1) is 15.0. The first-order valence-electron chi connectivity index (χ1n) is 13.2. The van der Waals surface area contributed by atoms with Crippen molar-refractivity contribution in [3.8, 4) is 0 Å². The van der Waals surface area contributed by atoms with Gasteiger partial charge in [0.25, 0.3) is 0 Å². The minimum absolute atomic E-state index is 0.331. The van der Waals surface area contributed by atoms with E-state index in [0.717, 1.165) is 43.3 Å². The second-order valence-corrected chi connectivity index (χ2v) is 11.7. The van der Waals surface area contributed by atoms with Crippen LogP contribution in [-0.4, -0.2) is 46.4 Å². The summed E-state index contributed by atoms with van der Waals surface area (Å²) in [5.41, 5.74) is 0.862. The fourth-order valence-corrected chi connectivity index (χ4v) is 8.66. The Morgan fingerprint density at radius 3 is 2.39 bits per heavy atom. The highest BCUT2D eigenvalue weighted by molar-refractivity contribution is 5.11. The molecule has 4 aliphatic carbocycles. The largest absolute Gasteiger partial charge is 0.381 e. The van der Waals surface area contributed by atoms with Crippen molar-refractivity contribution in [2.24, 2.45) is 40.4 Å². The van der Waals surface area contributed by atoms with Gasteiger partial charge in [0.2, 0.25) is 0 Å². The van der Waals surface area contributed by atoms with Crippen molar-refractivity contribution in [3.05, 3.63) is 0 Å². The van der Waals surface area contributed by atoms with E-state index in [1.54, 1.807) is 7.11 Å². The summed E-state index contributed by atoms with van der Waals surface area (Å²) in [6.45, 7) is 9.81. The second-order valence-electron chi connectivity index (χ2n) is 11.7. The molecule has 0 aliphatic heterocycles. The van der Waals surface area contributed by atoms with E-state index in [1.165, 1.54) is 57.8 Å². The number of rotatable bonds is 9. The molecule has 4 saturated carbocycles. The molecule has 4 nitrogen and oxygen atoms in total. The number of methoxy groups -OCH3 is 2. The third-order valence-electron chi connectivity index (χ3n) is 10.5. The summed E-state index contributed by atoms with van der Waals surface area (Å²) in [6, 6.07) is 0. The molecule has 4 aliphatic rings. The maximum atomic E-state index is 6.22. The Morgan fingerprint density at radius 1 is 0.871 bits per heavy atom. The molecule has 0 radical (unpaired) electrons. The molecule has 4 fully saturated rings. The summed E-state index contributed by atoms with van der Waals surface area (Å²) in [6.07, 6.45) is 13.5. The van der Waals surface area contributed by atoms with Crippen LogP contribution < -0.4 is 0 Å². The number of hydrogen-bond acceptors (Lipinski definition) is 4. The lowest BCUT2D eigenvalue weighted by Crippen LogP contribution is -2.58. The number of unbranched alkanes of at least 4 members (excludes halogenated alkanes) is 1. The molecule has 0 spiro atoms. The van der Waals surface area contributed by atoms with Crippen LogP contribution >= 0.6 is 0 Å². The van der Waals surface area contributed by atoms with Crippen LogP contribution in [0, 0.1) is 40.4 Å². The normalized spacial score (nSPS) is 46.9. The summed E-state index contributed by atoms with van der Waals surface area (Å²) in [5.74, 6) is 3.89. The topological polar surface area (TPSA) is 36.9 Å². The van der Waals surface area contributed by atoms with Crippen LogP contribution in [0.15, 0.2) is 0 Å². The maximum Gasteiger partial charge on any atom is 0.146 e. The van der Waals surface area contributed by atoms with Gasteiger partial charge in [-0.1, -0.05) is 27.2 Å². The third kappa shape index (κ3) is 4.36. The molecule has 0 bridgehead atoms. The van der Waals surface area contributed by atoms with Gasteiger partial charge in [0.05, 0.1) is 12.2 Å². The van der Waals surface area contributed by atoms with E-state index in [0.29, 0.717) is 35.7 Å². The average molecular weight is 437 g/mol. The average Bonchev–Trinajstić information content (AvgIpc) is 3.11. The van der Waals surface area contributed by atoms with Gasteiger partial charge in [-0.25, -0.2) is 0 Å². The van der Waals surface area contributed by atoms with Crippen LogP contribution in [0.4, 0.5) is 0 Å². The van der Waals surface area contributed by atoms with Crippen molar-refractivity contribution in [1.29, 1.82) is 0 Å². The molecule has 0 N–H and O–H groups in total. The van der Waals surface area contributed by atoms with Gasteiger partial charge in [-0.05, 0) is 98.2 Å². The van der Waals surface area contributed by atoms with Gasteiger partial charge in [-0.2, -0.15) is 0 Å². The first-order valence-corrected chi connectivity index (χ1v) is 13.2. The molecule has 9 atom stereocenters. The van der Waals surface area contributed by atoms with Crippen LogP contribution in [0.5, 0.6) is 0 Å². The van der Waals surface area contributed by atoms with Gasteiger partial charge >= 0.3 is 0 Å². The lowest BCUT2D eigenvalue weighted by atomic mass is 9.44. The smallest absolute Gasteiger partial charge is 0.146 e. The first kappa shape index (κ1) is 24.0. The summed E-state index contributed by atoms with van der Waals surface area (Å²) >= 11 is 0. The molecule has 0 aromatic rings. The van der Waals surface area contributed by atoms with Crippen molar-refractivity contribution in [2.75, 3.05) is 34.2 Å². The quantitative estimate of drug-likeness (QED) is 0.324. The maximum absolute atomic E-state index is 6.22. The third-order valence-corrected chi connectivity index (χ3v) is 10.5. The van der Waals surface area contributed by atoms with E-state index >= 15 is 0 Å². The molecule has 31 heavy (non-hydrogen) atoms.